The van der Waals surface area contributed by atoms with Crippen LogP contribution in [0, 0.1) is 0 Å². The Hall–Kier alpha value is -2.35. The van der Waals surface area contributed by atoms with E-state index < -0.39 is 11.7 Å². The average molecular weight is 383 g/mol. The summed E-state index contributed by atoms with van der Waals surface area (Å²) in [5, 5.41) is 9.91. The fourth-order valence-corrected chi connectivity index (χ4v) is 2.39. The van der Waals surface area contributed by atoms with Crippen LogP contribution < -0.4 is 10.6 Å². The second kappa shape index (κ2) is 8.56. The first kappa shape index (κ1) is 21.0. The lowest BCUT2D eigenvalue weighted by Crippen LogP contribution is -2.33. The Morgan fingerprint density at radius 3 is 2.33 bits per heavy atom. The molecule has 2 N–H and O–H groups in total. The summed E-state index contributed by atoms with van der Waals surface area (Å²) >= 11 is 0. The lowest BCUT2D eigenvalue weighted by Gasteiger charge is -2.12. The number of rotatable bonds is 7. The van der Waals surface area contributed by atoms with Crippen LogP contribution in [0.1, 0.15) is 55.7 Å². The molecule has 0 unspecified atom stereocenters. The predicted octanol–water partition coefficient (Wildman–Crippen LogP) is 4.39. The van der Waals surface area contributed by atoms with Gasteiger partial charge in [-0.15, -0.1) is 0 Å². The van der Waals surface area contributed by atoms with E-state index in [1.165, 1.54) is 12.1 Å². The van der Waals surface area contributed by atoms with Crippen LogP contribution in [0.2, 0.25) is 0 Å². The van der Waals surface area contributed by atoms with Crippen molar-refractivity contribution >= 4 is 5.91 Å². The molecule has 0 aliphatic carbocycles. The summed E-state index contributed by atoms with van der Waals surface area (Å²) in [5.41, 5.74) is 0.337. The number of nitrogens with one attached hydrogen (secondary N) is 2. The van der Waals surface area contributed by atoms with Gasteiger partial charge in [0.05, 0.1) is 5.56 Å². The van der Waals surface area contributed by atoms with Crippen molar-refractivity contribution in [2.75, 3.05) is 0 Å². The predicted molar refractivity (Wildman–Crippen MR) is 96.1 cm³/mol. The van der Waals surface area contributed by atoms with E-state index in [2.05, 4.69) is 15.8 Å². The van der Waals surface area contributed by atoms with Crippen LogP contribution in [0.5, 0.6) is 0 Å². The fourth-order valence-electron chi connectivity index (χ4n) is 2.39. The van der Waals surface area contributed by atoms with E-state index >= 15 is 0 Å². The van der Waals surface area contributed by atoms with E-state index in [4.69, 9.17) is 4.52 Å². The van der Waals surface area contributed by atoms with Gasteiger partial charge in [-0.05, 0) is 25.5 Å². The molecule has 0 radical (unpaired) electrons. The highest BCUT2D eigenvalue weighted by atomic mass is 19.4. The number of hydrogen-bond acceptors (Lipinski definition) is 4. The van der Waals surface area contributed by atoms with Gasteiger partial charge in [0, 0.05) is 29.8 Å². The van der Waals surface area contributed by atoms with Crippen molar-refractivity contribution in [1.29, 1.82) is 0 Å². The Balaban J connectivity index is 2.39. The van der Waals surface area contributed by atoms with Crippen molar-refractivity contribution in [3.8, 4) is 11.3 Å². The summed E-state index contributed by atoms with van der Waals surface area (Å²) in [7, 11) is 0. The zero-order chi connectivity index (χ0) is 20.2. The number of halogens is 3. The second-order valence-electron chi connectivity index (χ2n) is 6.73. The third-order valence-electron chi connectivity index (χ3n) is 4.15. The molecule has 0 spiro atoms. The van der Waals surface area contributed by atoms with E-state index in [0.29, 0.717) is 17.7 Å². The molecule has 1 aromatic heterocycles. The van der Waals surface area contributed by atoms with Crippen LogP contribution in [0.15, 0.2) is 28.8 Å². The van der Waals surface area contributed by atoms with E-state index in [-0.39, 0.29) is 29.4 Å². The molecule has 27 heavy (non-hydrogen) atoms. The largest absolute Gasteiger partial charge is 0.416 e. The van der Waals surface area contributed by atoms with Crippen molar-refractivity contribution in [3.63, 3.8) is 0 Å². The molecule has 0 aliphatic heterocycles. The number of aromatic nitrogens is 1. The highest BCUT2D eigenvalue weighted by Crippen LogP contribution is 2.32. The van der Waals surface area contributed by atoms with Crippen LogP contribution in [-0.2, 0) is 12.7 Å². The van der Waals surface area contributed by atoms with E-state index in [9.17, 15) is 18.0 Å². The second-order valence-corrected chi connectivity index (χ2v) is 6.73. The molecule has 2 aromatic rings. The van der Waals surface area contributed by atoms with E-state index in [1.807, 2.05) is 27.7 Å². The highest BCUT2D eigenvalue weighted by molar-refractivity contribution is 5.95. The molecule has 1 aromatic carbocycles. The molecule has 2 rings (SSSR count). The number of nitrogens with zero attached hydrogens (tertiary/aromatic N) is 1. The molecule has 0 aliphatic rings. The Morgan fingerprint density at radius 1 is 1.19 bits per heavy atom. The molecule has 0 saturated heterocycles. The average Bonchev–Trinajstić information content (AvgIpc) is 3.03. The molecule has 0 saturated carbocycles. The van der Waals surface area contributed by atoms with Gasteiger partial charge >= 0.3 is 6.18 Å². The molecule has 148 valence electrons. The smallest absolute Gasteiger partial charge is 0.355 e. The number of hydrogen-bond donors (Lipinski definition) is 2. The minimum absolute atomic E-state index is 0.0328. The number of benzene rings is 1. The molecule has 1 amide bonds. The molecule has 0 bridgehead atoms. The lowest BCUT2D eigenvalue weighted by atomic mass is 10.0. The Morgan fingerprint density at radius 2 is 1.81 bits per heavy atom. The van der Waals surface area contributed by atoms with Crippen LogP contribution in [-0.4, -0.2) is 23.1 Å². The van der Waals surface area contributed by atoms with Crippen LogP contribution >= 0.6 is 0 Å². The van der Waals surface area contributed by atoms with Crippen LogP contribution in [0.25, 0.3) is 11.3 Å². The first-order valence-corrected chi connectivity index (χ1v) is 8.83. The van der Waals surface area contributed by atoms with Crippen molar-refractivity contribution in [2.24, 2.45) is 0 Å². The molecule has 1 heterocycles. The maximum atomic E-state index is 12.8. The summed E-state index contributed by atoms with van der Waals surface area (Å²) in [5.74, 6) is -0.0852. The van der Waals surface area contributed by atoms with Gasteiger partial charge in [-0.1, -0.05) is 38.1 Å². The maximum absolute atomic E-state index is 12.8. The zero-order valence-electron chi connectivity index (χ0n) is 15.8. The minimum Gasteiger partial charge on any atom is -0.355 e. The van der Waals surface area contributed by atoms with E-state index in [0.717, 1.165) is 18.6 Å². The number of alkyl halides is 3. The number of amides is 1. The summed E-state index contributed by atoms with van der Waals surface area (Å²) < 4.78 is 43.7. The monoisotopic (exact) mass is 383 g/mol. The molecule has 0 fully saturated rings. The van der Waals surface area contributed by atoms with Crippen LogP contribution in [0.4, 0.5) is 13.2 Å². The van der Waals surface area contributed by atoms with Crippen molar-refractivity contribution in [3.05, 3.63) is 41.1 Å². The molecule has 8 heteroatoms. The first-order valence-electron chi connectivity index (χ1n) is 8.83. The van der Waals surface area contributed by atoms with Gasteiger partial charge in [0.15, 0.2) is 11.5 Å². The first-order chi connectivity index (χ1) is 12.6. The number of carbonyl (C=O) groups is 1. The lowest BCUT2D eigenvalue weighted by molar-refractivity contribution is -0.137. The molecular weight excluding hydrogens is 359 g/mol. The Labute approximate surface area is 156 Å². The summed E-state index contributed by atoms with van der Waals surface area (Å²) in [6.45, 7) is 8.03. The minimum atomic E-state index is -4.41. The topological polar surface area (TPSA) is 67.2 Å². The SMILES string of the molecule is CC[C@H](C)NC(=O)c1noc(-c2ccc(C(F)(F)F)cc2)c1CNC(C)C. The van der Waals surface area contributed by atoms with Gasteiger partial charge in [0.2, 0.25) is 0 Å². The normalized spacial score (nSPS) is 13.0. The fraction of sp³-hybridized carbons (Fsp3) is 0.474. The van der Waals surface area contributed by atoms with Gasteiger partial charge in [-0.3, -0.25) is 4.79 Å². The van der Waals surface area contributed by atoms with Crippen molar-refractivity contribution < 1.29 is 22.5 Å². The zero-order valence-corrected chi connectivity index (χ0v) is 15.8. The molecular formula is C19H24F3N3O2. The third kappa shape index (κ3) is 5.32. The van der Waals surface area contributed by atoms with E-state index in [1.54, 1.807) is 0 Å². The maximum Gasteiger partial charge on any atom is 0.416 e. The quantitative estimate of drug-likeness (QED) is 0.744. The van der Waals surface area contributed by atoms with Crippen molar-refractivity contribution in [1.82, 2.24) is 15.8 Å². The Kier molecular flexibility index (Phi) is 6.64. The molecule has 1 atom stereocenters. The summed E-state index contributed by atoms with van der Waals surface area (Å²) in [6.07, 6.45) is -3.65. The third-order valence-corrected chi connectivity index (χ3v) is 4.15. The Bertz CT molecular complexity index is 767. The number of carbonyl (C=O) groups excluding carboxylic acids is 1. The standard InChI is InChI=1S/C19H24F3N3O2/c1-5-12(4)24-18(26)16-15(10-23-11(2)3)17(27-25-16)13-6-8-14(9-7-13)19(20,21)22/h6-9,11-12,23H,5,10H2,1-4H3,(H,24,26)/t12-/m0/s1. The highest BCUT2D eigenvalue weighted by Gasteiger charge is 2.30. The van der Waals surface area contributed by atoms with Gasteiger partial charge in [-0.2, -0.15) is 13.2 Å². The van der Waals surface area contributed by atoms with Gasteiger partial charge in [0.1, 0.15) is 0 Å². The summed E-state index contributed by atoms with van der Waals surface area (Å²) in [4.78, 5) is 12.5. The van der Waals surface area contributed by atoms with Crippen LogP contribution in [0.3, 0.4) is 0 Å². The van der Waals surface area contributed by atoms with Gasteiger partial charge in [0.25, 0.3) is 5.91 Å². The van der Waals surface area contributed by atoms with Crippen molar-refractivity contribution in [2.45, 2.75) is 58.9 Å². The van der Waals surface area contributed by atoms with Gasteiger partial charge in [-0.25, -0.2) is 0 Å². The van der Waals surface area contributed by atoms with Gasteiger partial charge < -0.3 is 15.2 Å². The molecule has 5 nitrogen and oxygen atoms in total. The summed E-state index contributed by atoms with van der Waals surface area (Å²) in [6, 6.07) is 4.71.